The highest BCUT2D eigenvalue weighted by Crippen LogP contribution is 2.31. The molecule has 2 aliphatic rings. The van der Waals surface area contributed by atoms with Crippen molar-refractivity contribution >= 4 is 17.5 Å². The third kappa shape index (κ3) is 5.48. The van der Waals surface area contributed by atoms with Gasteiger partial charge < -0.3 is 20.4 Å². The van der Waals surface area contributed by atoms with E-state index in [0.29, 0.717) is 19.0 Å². The Balaban J connectivity index is 1.70. The highest BCUT2D eigenvalue weighted by atomic mass is 16.2. The number of nitrogens with one attached hydrogen (secondary N) is 2. The molecule has 1 unspecified atom stereocenters. The molecule has 2 heterocycles. The maximum absolute atomic E-state index is 12.3. The number of rotatable bonds is 6. The van der Waals surface area contributed by atoms with Crippen molar-refractivity contribution in [1.29, 1.82) is 0 Å². The Morgan fingerprint density at radius 2 is 1.62 bits per heavy atom. The normalized spacial score (nSPS) is 18.6. The summed E-state index contributed by atoms with van der Waals surface area (Å²) in [4.78, 5) is 31.4. The van der Waals surface area contributed by atoms with E-state index in [2.05, 4.69) is 57.6 Å². The first-order valence-electron chi connectivity index (χ1n) is 10.7. The third-order valence-corrected chi connectivity index (χ3v) is 5.93. The molecule has 1 atom stereocenters. The van der Waals surface area contributed by atoms with Crippen molar-refractivity contribution in [1.82, 2.24) is 20.4 Å². The van der Waals surface area contributed by atoms with Gasteiger partial charge in [-0.2, -0.15) is 0 Å². The van der Waals surface area contributed by atoms with Gasteiger partial charge in [-0.25, -0.2) is 0 Å². The van der Waals surface area contributed by atoms with E-state index in [9.17, 15) is 9.59 Å². The van der Waals surface area contributed by atoms with E-state index < -0.39 is 11.8 Å². The van der Waals surface area contributed by atoms with Crippen molar-refractivity contribution in [2.45, 2.75) is 26.3 Å². The summed E-state index contributed by atoms with van der Waals surface area (Å²) in [6.07, 6.45) is 1.05. The fourth-order valence-electron chi connectivity index (χ4n) is 4.03. The monoisotopic (exact) mass is 401 g/mol. The van der Waals surface area contributed by atoms with Gasteiger partial charge in [-0.15, -0.1) is 0 Å². The molecule has 7 heteroatoms. The van der Waals surface area contributed by atoms with Gasteiger partial charge in [0.15, 0.2) is 0 Å². The number of piperazine rings is 1. The molecule has 2 aliphatic heterocycles. The number of anilines is 1. The Morgan fingerprint density at radius 1 is 0.966 bits per heavy atom. The molecule has 0 aliphatic carbocycles. The van der Waals surface area contributed by atoms with Crippen molar-refractivity contribution < 1.29 is 9.59 Å². The SMILES string of the molecule is CC(C)CNC(=O)C(=O)NCC(c1ccc2c(c1)CCN2C)N1CCN(C)CC1. The van der Waals surface area contributed by atoms with Crippen molar-refractivity contribution in [3.05, 3.63) is 29.3 Å². The molecule has 0 aromatic heterocycles. The van der Waals surface area contributed by atoms with E-state index in [1.165, 1.54) is 16.8 Å². The zero-order chi connectivity index (χ0) is 21.0. The smallest absolute Gasteiger partial charge is 0.309 e. The van der Waals surface area contributed by atoms with Crippen LogP contribution in [0.25, 0.3) is 0 Å². The fourth-order valence-corrected chi connectivity index (χ4v) is 4.03. The van der Waals surface area contributed by atoms with Gasteiger partial charge in [0.2, 0.25) is 0 Å². The minimum absolute atomic E-state index is 0.0711. The molecule has 0 radical (unpaired) electrons. The van der Waals surface area contributed by atoms with Crippen molar-refractivity contribution in [2.24, 2.45) is 5.92 Å². The maximum atomic E-state index is 12.3. The molecule has 0 bridgehead atoms. The summed E-state index contributed by atoms with van der Waals surface area (Å²) in [5.74, 6) is -0.786. The summed E-state index contributed by atoms with van der Waals surface area (Å²) in [6.45, 7) is 9.92. The lowest BCUT2D eigenvalue weighted by Gasteiger charge is -2.38. The molecule has 160 valence electrons. The number of carbonyl (C=O) groups excluding carboxylic acids is 2. The predicted molar refractivity (Wildman–Crippen MR) is 116 cm³/mol. The largest absolute Gasteiger partial charge is 0.374 e. The Labute approximate surface area is 174 Å². The highest BCUT2D eigenvalue weighted by Gasteiger charge is 2.27. The molecule has 1 saturated heterocycles. The van der Waals surface area contributed by atoms with Crippen LogP contribution in [-0.4, -0.2) is 81.5 Å². The number of amides is 2. The molecule has 2 amide bonds. The van der Waals surface area contributed by atoms with Crippen molar-refractivity contribution in [3.63, 3.8) is 0 Å². The molecular weight excluding hydrogens is 366 g/mol. The summed E-state index contributed by atoms with van der Waals surface area (Å²) in [6, 6.07) is 6.72. The van der Waals surface area contributed by atoms with Gasteiger partial charge in [0.05, 0.1) is 6.04 Å². The van der Waals surface area contributed by atoms with Crippen LogP contribution in [0.4, 0.5) is 5.69 Å². The van der Waals surface area contributed by atoms with E-state index in [-0.39, 0.29) is 6.04 Å². The number of carbonyl (C=O) groups is 2. The molecule has 0 spiro atoms. The Hall–Kier alpha value is -2.12. The first-order chi connectivity index (χ1) is 13.8. The molecule has 1 aromatic rings. The lowest BCUT2D eigenvalue weighted by molar-refractivity contribution is -0.139. The molecule has 0 saturated carbocycles. The molecule has 3 rings (SSSR count). The third-order valence-electron chi connectivity index (χ3n) is 5.93. The molecule has 1 fully saturated rings. The van der Waals surface area contributed by atoms with Crippen molar-refractivity contribution in [3.8, 4) is 0 Å². The predicted octanol–water partition coefficient (Wildman–Crippen LogP) is 0.856. The summed E-state index contributed by atoms with van der Waals surface area (Å²) < 4.78 is 0. The number of hydrogen-bond acceptors (Lipinski definition) is 5. The van der Waals surface area contributed by atoms with E-state index in [1.807, 2.05) is 13.8 Å². The lowest BCUT2D eigenvalue weighted by Crippen LogP contribution is -2.50. The topological polar surface area (TPSA) is 67.9 Å². The maximum Gasteiger partial charge on any atom is 0.309 e. The molecule has 7 nitrogen and oxygen atoms in total. The minimum Gasteiger partial charge on any atom is -0.374 e. The quantitative estimate of drug-likeness (QED) is 0.692. The molecule has 2 N–H and O–H groups in total. The number of likely N-dealkylation sites (N-methyl/N-ethyl adjacent to an activating group) is 2. The number of hydrogen-bond donors (Lipinski definition) is 2. The van der Waals surface area contributed by atoms with Crippen LogP contribution in [0.2, 0.25) is 0 Å². The van der Waals surface area contributed by atoms with Crippen LogP contribution in [0, 0.1) is 5.92 Å². The van der Waals surface area contributed by atoms with Crippen LogP contribution in [0.1, 0.15) is 31.0 Å². The first-order valence-corrected chi connectivity index (χ1v) is 10.7. The van der Waals surface area contributed by atoms with E-state index in [4.69, 9.17) is 0 Å². The highest BCUT2D eigenvalue weighted by molar-refractivity contribution is 6.35. The van der Waals surface area contributed by atoms with E-state index >= 15 is 0 Å². The van der Waals surface area contributed by atoms with Crippen LogP contribution < -0.4 is 15.5 Å². The van der Waals surface area contributed by atoms with E-state index in [0.717, 1.165) is 39.1 Å². The second kappa shape index (κ2) is 9.59. The van der Waals surface area contributed by atoms with Gasteiger partial charge in [-0.05, 0) is 36.6 Å². The standard InChI is InChI=1S/C22H35N5O2/c1-16(2)14-23-21(28)22(29)24-15-20(27-11-9-25(3)10-12-27)17-5-6-19-18(13-17)7-8-26(19)4/h5-6,13,16,20H,7-12,14-15H2,1-4H3,(H,23,28)(H,24,29). The number of nitrogens with zero attached hydrogens (tertiary/aromatic N) is 3. The summed E-state index contributed by atoms with van der Waals surface area (Å²) in [7, 11) is 4.26. The zero-order valence-electron chi connectivity index (χ0n) is 18.2. The van der Waals surface area contributed by atoms with Gasteiger partial charge in [0, 0.05) is 58.5 Å². The number of benzene rings is 1. The van der Waals surface area contributed by atoms with E-state index in [1.54, 1.807) is 0 Å². The fraction of sp³-hybridized carbons (Fsp3) is 0.636. The van der Waals surface area contributed by atoms with Crippen LogP contribution in [0.15, 0.2) is 18.2 Å². The molecular formula is C22H35N5O2. The first kappa shape index (κ1) is 21.6. The van der Waals surface area contributed by atoms with Crippen LogP contribution >= 0.6 is 0 Å². The van der Waals surface area contributed by atoms with Gasteiger partial charge in [0.25, 0.3) is 0 Å². The second-order valence-electron chi connectivity index (χ2n) is 8.73. The Kier molecular flexibility index (Phi) is 7.14. The molecule has 29 heavy (non-hydrogen) atoms. The Morgan fingerprint density at radius 3 is 2.28 bits per heavy atom. The molecule has 1 aromatic carbocycles. The second-order valence-corrected chi connectivity index (χ2v) is 8.73. The zero-order valence-corrected chi connectivity index (χ0v) is 18.2. The number of fused-ring (bicyclic) bond motifs is 1. The van der Waals surface area contributed by atoms with Gasteiger partial charge in [-0.3, -0.25) is 14.5 Å². The summed E-state index contributed by atoms with van der Waals surface area (Å²) in [5.41, 5.74) is 3.87. The average Bonchev–Trinajstić information content (AvgIpc) is 3.07. The lowest BCUT2D eigenvalue weighted by atomic mass is 10.00. The van der Waals surface area contributed by atoms with Crippen LogP contribution in [-0.2, 0) is 16.0 Å². The average molecular weight is 402 g/mol. The minimum atomic E-state index is -0.550. The Bertz CT molecular complexity index is 728. The van der Waals surface area contributed by atoms with Crippen LogP contribution in [0.3, 0.4) is 0 Å². The van der Waals surface area contributed by atoms with Crippen molar-refractivity contribution in [2.75, 3.05) is 64.8 Å². The summed E-state index contributed by atoms with van der Waals surface area (Å²) >= 11 is 0. The summed E-state index contributed by atoms with van der Waals surface area (Å²) in [5, 5.41) is 5.57. The van der Waals surface area contributed by atoms with Gasteiger partial charge in [-0.1, -0.05) is 26.0 Å². The van der Waals surface area contributed by atoms with Gasteiger partial charge in [0.1, 0.15) is 0 Å². The van der Waals surface area contributed by atoms with Gasteiger partial charge >= 0.3 is 11.8 Å². The van der Waals surface area contributed by atoms with Crippen LogP contribution in [0.5, 0.6) is 0 Å².